The predicted octanol–water partition coefficient (Wildman–Crippen LogP) is 0.736. The minimum atomic E-state index is 0.708. The zero-order chi connectivity index (χ0) is 14.2. The van der Waals surface area contributed by atoms with Crippen molar-refractivity contribution in [2.45, 2.75) is 13.5 Å². The quantitative estimate of drug-likeness (QED) is 0.824. The van der Waals surface area contributed by atoms with Gasteiger partial charge in [0.25, 0.3) is 0 Å². The Hall–Kier alpha value is -2.02. The zero-order valence-corrected chi connectivity index (χ0v) is 12.0. The Labute approximate surface area is 122 Å². The average molecular weight is 286 g/mol. The Morgan fingerprint density at radius 3 is 2.67 bits per heavy atom. The predicted molar refractivity (Wildman–Crippen MR) is 75.5 cm³/mol. The molecule has 0 aromatic carbocycles. The van der Waals surface area contributed by atoms with Crippen LogP contribution >= 0.6 is 0 Å². The van der Waals surface area contributed by atoms with Crippen molar-refractivity contribution < 1.29 is 4.63 Å². The van der Waals surface area contributed by atoms with Crippen molar-refractivity contribution >= 4 is 5.82 Å². The van der Waals surface area contributed by atoms with Crippen LogP contribution in [0.5, 0.6) is 0 Å². The third kappa shape index (κ3) is 2.37. The normalized spacial score (nSPS) is 25.5. The first-order chi connectivity index (χ1) is 10.3. The highest BCUT2D eigenvalue weighted by Gasteiger charge is 2.40. The minimum absolute atomic E-state index is 0.708. The van der Waals surface area contributed by atoms with Gasteiger partial charge in [0.05, 0.1) is 6.20 Å². The Morgan fingerprint density at radius 2 is 2.00 bits per heavy atom. The van der Waals surface area contributed by atoms with Crippen molar-refractivity contribution in [3.8, 4) is 0 Å². The van der Waals surface area contributed by atoms with Gasteiger partial charge < -0.3 is 4.90 Å². The molecule has 0 amide bonds. The number of hydrogen-bond donors (Lipinski definition) is 0. The van der Waals surface area contributed by atoms with E-state index >= 15 is 0 Å². The summed E-state index contributed by atoms with van der Waals surface area (Å²) in [6.45, 7) is 7.29. The molecule has 0 radical (unpaired) electrons. The van der Waals surface area contributed by atoms with Gasteiger partial charge in [-0.15, -0.1) is 0 Å². The van der Waals surface area contributed by atoms with Crippen LogP contribution in [0.1, 0.15) is 11.3 Å². The van der Waals surface area contributed by atoms with Crippen LogP contribution in [-0.2, 0) is 6.54 Å². The Kier molecular flexibility index (Phi) is 3.07. The highest BCUT2D eigenvalue weighted by atomic mass is 16.6. The lowest BCUT2D eigenvalue weighted by Gasteiger charge is -2.22. The summed E-state index contributed by atoms with van der Waals surface area (Å²) in [6.07, 6.45) is 5.23. The molecule has 7 nitrogen and oxygen atoms in total. The first kappa shape index (κ1) is 12.7. The van der Waals surface area contributed by atoms with E-state index in [2.05, 4.69) is 41.6 Å². The van der Waals surface area contributed by atoms with Gasteiger partial charge in [-0.25, -0.2) is 14.6 Å². The molecule has 2 unspecified atom stereocenters. The molecule has 2 aromatic heterocycles. The lowest BCUT2D eigenvalue weighted by atomic mass is 10.0. The number of anilines is 1. The van der Waals surface area contributed by atoms with Gasteiger partial charge in [0.2, 0.25) is 0 Å². The summed E-state index contributed by atoms with van der Waals surface area (Å²) in [4.78, 5) is 13.4. The van der Waals surface area contributed by atoms with Crippen molar-refractivity contribution in [3.63, 3.8) is 0 Å². The molecule has 21 heavy (non-hydrogen) atoms. The summed E-state index contributed by atoms with van der Waals surface area (Å²) >= 11 is 0. The van der Waals surface area contributed by atoms with Crippen molar-refractivity contribution in [1.29, 1.82) is 0 Å². The van der Waals surface area contributed by atoms with Crippen LogP contribution in [0.3, 0.4) is 0 Å². The number of nitrogens with zero attached hydrogens (tertiary/aromatic N) is 6. The molecule has 110 valence electrons. The van der Waals surface area contributed by atoms with Crippen molar-refractivity contribution in [1.82, 2.24) is 25.2 Å². The standard InChI is InChI=1S/C14H18N6O/c1-10-2-15-9-16-14(10)20-6-11-4-19(5-12(11)7-20)8-13-3-17-21-18-13/h2-3,9,11-12H,4-8H2,1H3. The molecule has 7 heteroatoms. The fraction of sp³-hybridized carbons (Fsp3) is 0.571. The highest BCUT2D eigenvalue weighted by molar-refractivity contribution is 5.46. The summed E-state index contributed by atoms with van der Waals surface area (Å²) < 4.78 is 4.66. The van der Waals surface area contributed by atoms with E-state index in [1.54, 1.807) is 12.5 Å². The number of hydrogen-bond acceptors (Lipinski definition) is 7. The van der Waals surface area contributed by atoms with E-state index in [0.717, 1.165) is 49.8 Å². The van der Waals surface area contributed by atoms with Crippen LogP contribution in [0, 0.1) is 18.8 Å². The molecule has 0 spiro atoms. The molecule has 2 fully saturated rings. The third-order valence-electron chi connectivity index (χ3n) is 4.52. The van der Waals surface area contributed by atoms with Crippen LogP contribution < -0.4 is 4.90 Å². The van der Waals surface area contributed by atoms with Crippen LogP contribution in [0.2, 0.25) is 0 Å². The lowest BCUT2D eigenvalue weighted by Crippen LogP contribution is -2.29. The van der Waals surface area contributed by atoms with Crippen LogP contribution in [-0.4, -0.2) is 51.4 Å². The van der Waals surface area contributed by atoms with Crippen LogP contribution in [0.4, 0.5) is 5.82 Å². The molecular formula is C14H18N6O. The number of likely N-dealkylation sites (tertiary alicyclic amines) is 1. The molecule has 2 aliphatic heterocycles. The van der Waals surface area contributed by atoms with E-state index in [1.807, 2.05) is 6.20 Å². The first-order valence-electron chi connectivity index (χ1n) is 7.30. The Balaban J connectivity index is 1.40. The monoisotopic (exact) mass is 286 g/mol. The smallest absolute Gasteiger partial charge is 0.134 e. The van der Waals surface area contributed by atoms with Gasteiger partial charge in [-0.3, -0.25) is 4.90 Å². The summed E-state index contributed by atoms with van der Waals surface area (Å²) in [5.74, 6) is 2.50. The molecule has 4 heterocycles. The van der Waals surface area contributed by atoms with Crippen LogP contribution in [0.25, 0.3) is 0 Å². The van der Waals surface area contributed by atoms with Gasteiger partial charge in [-0.1, -0.05) is 10.3 Å². The molecule has 2 aromatic rings. The van der Waals surface area contributed by atoms with E-state index in [9.17, 15) is 0 Å². The van der Waals surface area contributed by atoms with Gasteiger partial charge in [-0.2, -0.15) is 0 Å². The van der Waals surface area contributed by atoms with Gasteiger partial charge in [-0.05, 0) is 18.8 Å². The maximum Gasteiger partial charge on any atom is 0.134 e. The van der Waals surface area contributed by atoms with E-state index in [0.29, 0.717) is 11.8 Å². The first-order valence-corrected chi connectivity index (χ1v) is 7.30. The topological polar surface area (TPSA) is 71.2 Å². The molecule has 0 saturated carbocycles. The van der Waals surface area contributed by atoms with Crippen molar-refractivity contribution in [2.75, 3.05) is 31.1 Å². The molecule has 0 bridgehead atoms. The molecule has 2 aliphatic rings. The summed E-state index contributed by atoms with van der Waals surface area (Å²) in [5.41, 5.74) is 2.07. The number of aromatic nitrogens is 4. The maximum atomic E-state index is 4.66. The zero-order valence-electron chi connectivity index (χ0n) is 12.0. The molecule has 0 N–H and O–H groups in total. The maximum absolute atomic E-state index is 4.66. The van der Waals surface area contributed by atoms with E-state index in [4.69, 9.17) is 0 Å². The Morgan fingerprint density at radius 1 is 1.19 bits per heavy atom. The fourth-order valence-corrected chi connectivity index (χ4v) is 3.60. The molecule has 2 saturated heterocycles. The fourth-order valence-electron chi connectivity index (χ4n) is 3.60. The number of aryl methyl sites for hydroxylation is 1. The number of fused-ring (bicyclic) bond motifs is 1. The molecule has 0 aliphatic carbocycles. The van der Waals surface area contributed by atoms with Crippen LogP contribution in [0.15, 0.2) is 23.4 Å². The summed E-state index contributed by atoms with van der Waals surface area (Å²) in [7, 11) is 0. The van der Waals surface area contributed by atoms with E-state index < -0.39 is 0 Å². The van der Waals surface area contributed by atoms with Crippen molar-refractivity contribution in [2.24, 2.45) is 11.8 Å². The SMILES string of the molecule is Cc1cncnc1N1CC2CN(Cc3cnon3)CC2C1. The van der Waals surface area contributed by atoms with Gasteiger partial charge in [0.1, 0.15) is 17.8 Å². The van der Waals surface area contributed by atoms with Crippen molar-refractivity contribution in [3.05, 3.63) is 30.0 Å². The van der Waals surface area contributed by atoms with Gasteiger partial charge >= 0.3 is 0 Å². The average Bonchev–Trinajstić information content (AvgIpc) is 3.15. The number of rotatable bonds is 3. The summed E-state index contributed by atoms with van der Waals surface area (Å²) in [6, 6.07) is 0. The summed E-state index contributed by atoms with van der Waals surface area (Å²) in [5, 5.41) is 7.56. The minimum Gasteiger partial charge on any atom is -0.356 e. The molecule has 2 atom stereocenters. The lowest BCUT2D eigenvalue weighted by molar-refractivity contribution is 0.276. The second kappa shape index (κ2) is 5.07. The van der Waals surface area contributed by atoms with E-state index in [-0.39, 0.29) is 0 Å². The van der Waals surface area contributed by atoms with Gasteiger partial charge in [0, 0.05) is 44.5 Å². The molecule has 4 rings (SSSR count). The van der Waals surface area contributed by atoms with E-state index in [1.165, 1.54) is 0 Å². The second-order valence-corrected chi connectivity index (χ2v) is 6.05. The largest absolute Gasteiger partial charge is 0.356 e. The Bertz CT molecular complexity index is 602. The van der Waals surface area contributed by atoms with Gasteiger partial charge in [0.15, 0.2) is 0 Å². The second-order valence-electron chi connectivity index (χ2n) is 6.05. The molecular weight excluding hydrogens is 268 g/mol. The third-order valence-corrected chi connectivity index (χ3v) is 4.52. The highest BCUT2D eigenvalue weighted by Crippen LogP contribution is 2.34.